The molecule has 1 aliphatic rings. The van der Waals surface area contributed by atoms with Gasteiger partial charge in [0.25, 0.3) is 5.91 Å². The Morgan fingerprint density at radius 3 is 2.88 bits per heavy atom. The van der Waals surface area contributed by atoms with E-state index in [9.17, 15) is 4.79 Å². The lowest BCUT2D eigenvalue weighted by Gasteiger charge is -2.25. The van der Waals surface area contributed by atoms with Gasteiger partial charge in [0, 0.05) is 24.6 Å². The second kappa shape index (κ2) is 8.51. The second-order valence-electron chi connectivity index (χ2n) is 7.41. The number of hydrogen-bond acceptors (Lipinski definition) is 7. The SMILES string of the molecule is Cc1ccnc(SCc2nc3cc(NC(=O)[C@@H]4COc5ccccc5O4)ccc3n2C)n1. The van der Waals surface area contributed by atoms with Gasteiger partial charge in [-0.15, -0.1) is 0 Å². The molecule has 1 amide bonds. The third-order valence-corrected chi connectivity index (χ3v) is 6.00. The predicted octanol–water partition coefficient (Wildman–Crippen LogP) is 3.74. The van der Waals surface area contributed by atoms with Crippen LogP contribution < -0.4 is 14.8 Å². The first kappa shape index (κ1) is 20.3. The predicted molar refractivity (Wildman–Crippen MR) is 122 cm³/mol. The van der Waals surface area contributed by atoms with E-state index in [4.69, 9.17) is 14.5 Å². The fraction of sp³-hybridized carbons (Fsp3) is 0.217. The molecule has 162 valence electrons. The fourth-order valence-electron chi connectivity index (χ4n) is 3.45. The van der Waals surface area contributed by atoms with Gasteiger partial charge in [0.05, 0.1) is 16.8 Å². The van der Waals surface area contributed by atoms with E-state index >= 15 is 0 Å². The van der Waals surface area contributed by atoms with Crippen molar-refractivity contribution in [3.05, 3.63) is 66.2 Å². The van der Waals surface area contributed by atoms with Crippen LogP contribution in [-0.4, -0.2) is 38.1 Å². The topological polar surface area (TPSA) is 91.2 Å². The Kier molecular flexibility index (Phi) is 5.40. The summed E-state index contributed by atoms with van der Waals surface area (Å²) in [6, 6.07) is 14.9. The van der Waals surface area contributed by atoms with Crippen LogP contribution in [0.15, 0.2) is 59.9 Å². The molecule has 0 saturated carbocycles. The number of aromatic nitrogens is 4. The van der Waals surface area contributed by atoms with E-state index in [1.165, 1.54) is 11.8 Å². The summed E-state index contributed by atoms with van der Waals surface area (Å²) in [7, 11) is 1.98. The molecule has 4 aromatic rings. The Morgan fingerprint density at radius 2 is 2.03 bits per heavy atom. The highest BCUT2D eigenvalue weighted by molar-refractivity contribution is 7.98. The van der Waals surface area contributed by atoms with Crippen LogP contribution in [0.5, 0.6) is 11.5 Å². The molecule has 0 fully saturated rings. The van der Waals surface area contributed by atoms with E-state index in [1.54, 1.807) is 12.3 Å². The molecule has 2 aromatic heterocycles. The van der Waals surface area contributed by atoms with Gasteiger partial charge < -0.3 is 19.4 Å². The summed E-state index contributed by atoms with van der Waals surface area (Å²) >= 11 is 1.54. The Morgan fingerprint density at radius 1 is 1.19 bits per heavy atom. The van der Waals surface area contributed by atoms with E-state index in [1.807, 2.05) is 61.0 Å². The van der Waals surface area contributed by atoms with Crippen molar-refractivity contribution in [3.8, 4) is 11.5 Å². The van der Waals surface area contributed by atoms with Crippen LogP contribution in [0, 0.1) is 6.92 Å². The fourth-order valence-corrected chi connectivity index (χ4v) is 4.31. The Bertz CT molecular complexity index is 1310. The number of ether oxygens (including phenoxy) is 2. The van der Waals surface area contributed by atoms with Crippen molar-refractivity contribution in [1.82, 2.24) is 19.5 Å². The van der Waals surface area contributed by atoms with Gasteiger partial charge >= 0.3 is 0 Å². The molecule has 0 spiro atoms. The van der Waals surface area contributed by atoms with Crippen molar-refractivity contribution in [3.63, 3.8) is 0 Å². The lowest BCUT2D eigenvalue weighted by Crippen LogP contribution is -2.40. The van der Waals surface area contributed by atoms with Crippen LogP contribution in [-0.2, 0) is 17.6 Å². The average molecular weight is 448 g/mol. The van der Waals surface area contributed by atoms with Crippen LogP contribution in [0.3, 0.4) is 0 Å². The molecule has 0 bridgehead atoms. The highest BCUT2D eigenvalue weighted by atomic mass is 32.2. The number of nitrogens with zero attached hydrogens (tertiary/aromatic N) is 4. The molecule has 0 unspecified atom stereocenters. The third kappa shape index (κ3) is 4.11. The lowest BCUT2D eigenvalue weighted by molar-refractivity contribution is -0.125. The first-order chi connectivity index (χ1) is 15.6. The molecule has 0 saturated heterocycles. The summed E-state index contributed by atoms with van der Waals surface area (Å²) < 4.78 is 13.5. The first-order valence-corrected chi connectivity index (χ1v) is 11.1. The van der Waals surface area contributed by atoms with Crippen molar-refractivity contribution in [2.45, 2.75) is 23.9 Å². The number of imidazole rings is 1. The van der Waals surface area contributed by atoms with Crippen LogP contribution in [0.25, 0.3) is 11.0 Å². The number of fused-ring (bicyclic) bond motifs is 2. The van der Waals surface area contributed by atoms with E-state index in [0.717, 1.165) is 27.7 Å². The molecule has 0 radical (unpaired) electrons. The summed E-state index contributed by atoms with van der Waals surface area (Å²) in [6.07, 6.45) is 1.04. The summed E-state index contributed by atoms with van der Waals surface area (Å²) in [4.78, 5) is 26.2. The van der Waals surface area contributed by atoms with Crippen LogP contribution in [0.2, 0.25) is 0 Å². The van der Waals surface area contributed by atoms with E-state index < -0.39 is 6.10 Å². The normalized spacial score (nSPS) is 15.0. The van der Waals surface area contributed by atoms with Crippen LogP contribution in [0.1, 0.15) is 11.5 Å². The Balaban J connectivity index is 1.29. The smallest absolute Gasteiger partial charge is 0.269 e. The van der Waals surface area contributed by atoms with Crippen LogP contribution >= 0.6 is 11.8 Å². The monoisotopic (exact) mass is 447 g/mol. The Labute approximate surface area is 189 Å². The van der Waals surface area contributed by atoms with E-state index in [2.05, 4.69) is 15.3 Å². The molecule has 2 aromatic carbocycles. The minimum absolute atomic E-state index is 0.164. The quantitative estimate of drug-likeness (QED) is 0.368. The third-order valence-electron chi connectivity index (χ3n) is 5.15. The summed E-state index contributed by atoms with van der Waals surface area (Å²) in [5.41, 5.74) is 3.38. The average Bonchev–Trinajstić information content (AvgIpc) is 3.12. The molecule has 0 aliphatic carbocycles. The number of hydrogen-bond donors (Lipinski definition) is 1. The second-order valence-corrected chi connectivity index (χ2v) is 8.36. The maximum absolute atomic E-state index is 12.7. The zero-order chi connectivity index (χ0) is 22.1. The number of benzene rings is 2. The number of carbonyl (C=O) groups is 1. The molecule has 8 nitrogen and oxygen atoms in total. The molecule has 32 heavy (non-hydrogen) atoms. The summed E-state index contributed by atoms with van der Waals surface area (Å²) in [5.74, 6) is 2.50. The highest BCUT2D eigenvalue weighted by Gasteiger charge is 2.27. The molecule has 1 aliphatic heterocycles. The number of nitrogens with one attached hydrogen (secondary N) is 1. The van der Waals surface area contributed by atoms with Crippen molar-refractivity contribution >= 4 is 34.4 Å². The van der Waals surface area contributed by atoms with E-state index in [-0.39, 0.29) is 12.5 Å². The maximum atomic E-state index is 12.7. The molecular weight excluding hydrogens is 426 g/mol. The van der Waals surface area contributed by atoms with Crippen molar-refractivity contribution < 1.29 is 14.3 Å². The van der Waals surface area contributed by atoms with Gasteiger partial charge in [-0.05, 0) is 43.3 Å². The number of anilines is 1. The molecule has 1 atom stereocenters. The number of aryl methyl sites for hydroxylation is 2. The van der Waals surface area contributed by atoms with Gasteiger partial charge in [0.1, 0.15) is 12.4 Å². The maximum Gasteiger partial charge on any atom is 0.269 e. The Hall–Kier alpha value is -3.59. The zero-order valence-electron chi connectivity index (χ0n) is 17.6. The standard InChI is InChI=1S/C23H21N5O3S/c1-14-9-10-24-23(25-14)32-13-21-27-16-11-15(7-8-17(16)28(21)2)26-22(29)20-12-30-18-5-3-4-6-19(18)31-20/h3-11,20H,12-13H2,1-2H3,(H,26,29)/t20-/m0/s1. The molecular formula is C23H21N5O3S. The lowest BCUT2D eigenvalue weighted by atomic mass is 10.2. The summed E-state index contributed by atoms with van der Waals surface area (Å²) in [5, 5.41) is 3.63. The minimum atomic E-state index is -0.717. The molecule has 3 heterocycles. The van der Waals surface area contributed by atoms with Gasteiger partial charge in [0.15, 0.2) is 16.7 Å². The molecule has 9 heteroatoms. The number of para-hydroxylation sites is 2. The van der Waals surface area contributed by atoms with E-state index in [0.29, 0.717) is 22.9 Å². The zero-order valence-corrected chi connectivity index (χ0v) is 18.4. The van der Waals surface area contributed by atoms with Crippen LogP contribution in [0.4, 0.5) is 5.69 Å². The number of rotatable bonds is 5. The van der Waals surface area contributed by atoms with Crippen molar-refractivity contribution in [2.75, 3.05) is 11.9 Å². The van der Waals surface area contributed by atoms with Gasteiger partial charge in [-0.2, -0.15) is 0 Å². The molecule has 5 rings (SSSR count). The largest absolute Gasteiger partial charge is 0.485 e. The number of carbonyl (C=O) groups excluding carboxylic acids is 1. The number of thioether (sulfide) groups is 1. The highest BCUT2D eigenvalue weighted by Crippen LogP contribution is 2.31. The first-order valence-electron chi connectivity index (χ1n) is 10.1. The van der Waals surface area contributed by atoms with Gasteiger partial charge in [-0.25, -0.2) is 15.0 Å². The van der Waals surface area contributed by atoms with Gasteiger partial charge in [0.2, 0.25) is 6.10 Å². The van der Waals surface area contributed by atoms with Crippen molar-refractivity contribution in [1.29, 1.82) is 0 Å². The van der Waals surface area contributed by atoms with Gasteiger partial charge in [-0.1, -0.05) is 23.9 Å². The minimum Gasteiger partial charge on any atom is -0.485 e. The number of amides is 1. The molecule has 1 N–H and O–H groups in total. The van der Waals surface area contributed by atoms with Crippen molar-refractivity contribution in [2.24, 2.45) is 7.05 Å². The van der Waals surface area contributed by atoms with Gasteiger partial charge in [-0.3, -0.25) is 4.79 Å². The summed E-state index contributed by atoms with van der Waals surface area (Å²) in [6.45, 7) is 2.11.